The van der Waals surface area contributed by atoms with E-state index in [1.165, 1.54) is 14.0 Å². The molecule has 106 valence electrons. The van der Waals surface area contributed by atoms with Crippen LogP contribution in [0.2, 0.25) is 0 Å². The van der Waals surface area contributed by atoms with Gasteiger partial charge in [0.1, 0.15) is 0 Å². The number of hydrogen-bond acceptors (Lipinski definition) is 6. The van der Waals surface area contributed by atoms with Crippen molar-refractivity contribution in [1.29, 1.82) is 0 Å². The molecule has 0 bridgehead atoms. The average molecular weight is 278 g/mol. The van der Waals surface area contributed by atoms with Crippen molar-refractivity contribution in [3.05, 3.63) is 0 Å². The average Bonchev–Trinajstić information content (AvgIpc) is 2.29. The summed E-state index contributed by atoms with van der Waals surface area (Å²) in [5.41, 5.74) is 0. The number of hydrogen-bond donors (Lipinski definition) is 1. The zero-order chi connectivity index (χ0) is 14.6. The maximum absolute atomic E-state index is 10.5. The van der Waals surface area contributed by atoms with Gasteiger partial charge < -0.3 is 10.1 Å². The summed E-state index contributed by atoms with van der Waals surface area (Å²) in [6.07, 6.45) is 3.00. The molecule has 6 nitrogen and oxygen atoms in total. The highest BCUT2D eigenvalue weighted by atomic mass is 32.2. The molecule has 1 N–H and O–H groups in total. The minimum atomic E-state index is -0.553. The summed E-state index contributed by atoms with van der Waals surface area (Å²) >= 11 is 1.63. The lowest BCUT2D eigenvalue weighted by atomic mass is 10.2. The topological polar surface area (TPSA) is 77.0 Å². The molecule has 0 rings (SSSR count). The Labute approximate surface area is 112 Å². The number of rotatable bonds is 4. The van der Waals surface area contributed by atoms with Crippen LogP contribution in [0, 0.1) is 0 Å². The zero-order valence-electron chi connectivity index (χ0n) is 11.8. The van der Waals surface area contributed by atoms with Gasteiger partial charge in [0.05, 0.1) is 12.8 Å². The number of ether oxygens (including phenoxy) is 1. The van der Waals surface area contributed by atoms with Crippen LogP contribution in [-0.2, 0) is 14.4 Å². The highest BCUT2D eigenvalue weighted by Gasteiger charge is 2.12. The molecule has 0 aliphatic heterocycles. The van der Waals surface area contributed by atoms with E-state index in [0.29, 0.717) is 6.61 Å². The van der Waals surface area contributed by atoms with Crippen molar-refractivity contribution >= 4 is 30.0 Å². The van der Waals surface area contributed by atoms with Crippen LogP contribution in [0.3, 0.4) is 0 Å². The first kappa shape index (κ1) is 19.1. The van der Waals surface area contributed by atoms with Crippen LogP contribution in [0.5, 0.6) is 0 Å². The minimum Gasteiger partial charge on any atom is -0.466 e. The highest BCUT2D eigenvalue weighted by molar-refractivity contribution is 8.00. The third-order valence-electron chi connectivity index (χ3n) is 1.58. The number of amides is 1. The Balaban J connectivity index is 0. The molecule has 0 aliphatic carbocycles. The first-order valence-electron chi connectivity index (χ1n) is 5.40. The summed E-state index contributed by atoms with van der Waals surface area (Å²) in [5.74, 6) is -0.211. The van der Waals surface area contributed by atoms with E-state index in [9.17, 15) is 9.59 Å². The van der Waals surface area contributed by atoms with E-state index in [-0.39, 0.29) is 10.7 Å². The van der Waals surface area contributed by atoms with Gasteiger partial charge in [-0.3, -0.25) is 9.63 Å². The Kier molecular flexibility index (Phi) is 11.6. The van der Waals surface area contributed by atoms with Gasteiger partial charge in [0.25, 0.3) is 0 Å². The van der Waals surface area contributed by atoms with Crippen molar-refractivity contribution in [1.82, 2.24) is 5.32 Å². The second-order valence-corrected chi connectivity index (χ2v) is 5.06. The largest absolute Gasteiger partial charge is 0.466 e. The Hall–Kier alpha value is -1.24. The highest BCUT2D eigenvalue weighted by Crippen LogP contribution is 2.17. The summed E-state index contributed by atoms with van der Waals surface area (Å²) in [4.78, 5) is 24.8. The quantitative estimate of drug-likeness (QED) is 0.368. The number of oxime groups is 1. The molecule has 0 aromatic rings. The van der Waals surface area contributed by atoms with Gasteiger partial charge in [-0.05, 0) is 27.0 Å². The van der Waals surface area contributed by atoms with Crippen molar-refractivity contribution in [3.63, 3.8) is 0 Å². The van der Waals surface area contributed by atoms with Crippen molar-refractivity contribution in [2.45, 2.75) is 32.4 Å². The molecular weight excluding hydrogens is 256 g/mol. The van der Waals surface area contributed by atoms with E-state index in [2.05, 4.69) is 20.0 Å². The maximum Gasteiger partial charge on any atom is 0.433 e. The summed E-state index contributed by atoms with van der Waals surface area (Å²) in [6, 6.07) is 0. The minimum absolute atomic E-state index is 0.103. The molecule has 0 aromatic heterocycles. The van der Waals surface area contributed by atoms with Gasteiger partial charge in [-0.2, -0.15) is 11.8 Å². The smallest absolute Gasteiger partial charge is 0.433 e. The number of thioether (sulfide) groups is 1. The van der Waals surface area contributed by atoms with Gasteiger partial charge in [0.2, 0.25) is 0 Å². The van der Waals surface area contributed by atoms with Crippen LogP contribution in [-0.4, -0.2) is 42.9 Å². The van der Waals surface area contributed by atoms with Crippen LogP contribution in [0.25, 0.3) is 0 Å². The fourth-order valence-electron chi connectivity index (χ4n) is 0.503. The Morgan fingerprint density at radius 2 is 2.00 bits per heavy atom. The van der Waals surface area contributed by atoms with Gasteiger partial charge in [0.15, 0.2) is 0 Å². The lowest BCUT2D eigenvalue weighted by Gasteiger charge is -2.13. The predicted molar refractivity (Wildman–Crippen MR) is 73.9 cm³/mol. The monoisotopic (exact) mass is 278 g/mol. The number of nitrogens with one attached hydrogen (secondary N) is 1. The Bertz CT molecular complexity index is 280. The third kappa shape index (κ3) is 14.8. The first-order chi connectivity index (χ1) is 8.29. The zero-order valence-corrected chi connectivity index (χ0v) is 12.6. The van der Waals surface area contributed by atoms with Gasteiger partial charge in [-0.1, -0.05) is 5.16 Å². The molecule has 0 saturated carbocycles. The molecular formula is C11H22N2O4S. The maximum atomic E-state index is 10.5. The van der Waals surface area contributed by atoms with E-state index in [1.54, 1.807) is 24.9 Å². The number of carbonyl (C=O) groups excluding carboxylic acids is 2. The van der Waals surface area contributed by atoms with Crippen LogP contribution in [0.15, 0.2) is 5.16 Å². The SMILES string of the molecule is CCOC(C)=O.CNC(=O)ON=CC(C)(C)SC. The molecule has 18 heavy (non-hydrogen) atoms. The van der Waals surface area contributed by atoms with Crippen molar-refractivity contribution < 1.29 is 19.2 Å². The molecule has 0 spiro atoms. The van der Waals surface area contributed by atoms with Crippen LogP contribution in [0.1, 0.15) is 27.7 Å². The normalized spacial score (nSPS) is 10.3. The molecule has 0 heterocycles. The molecule has 0 atom stereocenters. The van der Waals surface area contributed by atoms with E-state index in [1.807, 2.05) is 20.1 Å². The summed E-state index contributed by atoms with van der Waals surface area (Å²) in [6.45, 7) is 7.61. The van der Waals surface area contributed by atoms with Crippen molar-refractivity contribution in [3.8, 4) is 0 Å². The molecule has 0 radical (unpaired) electrons. The lowest BCUT2D eigenvalue weighted by Crippen LogP contribution is -2.19. The molecule has 0 saturated heterocycles. The predicted octanol–water partition coefficient (Wildman–Crippen LogP) is 2.04. The third-order valence-corrected chi connectivity index (χ3v) is 2.73. The molecule has 0 aromatic carbocycles. The van der Waals surface area contributed by atoms with Crippen LogP contribution >= 0.6 is 11.8 Å². The molecule has 0 unspecified atom stereocenters. The first-order valence-corrected chi connectivity index (χ1v) is 6.63. The van der Waals surface area contributed by atoms with Crippen LogP contribution in [0.4, 0.5) is 4.79 Å². The second kappa shape index (κ2) is 10.9. The fraction of sp³-hybridized carbons (Fsp3) is 0.727. The molecule has 0 fully saturated rings. The van der Waals surface area contributed by atoms with E-state index < -0.39 is 6.09 Å². The van der Waals surface area contributed by atoms with Crippen molar-refractivity contribution in [2.24, 2.45) is 5.16 Å². The summed E-state index contributed by atoms with van der Waals surface area (Å²) in [5, 5.41) is 5.81. The van der Waals surface area contributed by atoms with Gasteiger partial charge in [-0.25, -0.2) is 4.79 Å². The van der Waals surface area contributed by atoms with Crippen LogP contribution < -0.4 is 5.32 Å². The standard InChI is InChI=1S/C7H14N2O2S.C4H8O2/c1-7(2,12-4)5-9-11-6(10)8-3;1-3-6-4(2)5/h5H,1-4H3,(H,8,10);3H2,1-2H3. The molecule has 1 amide bonds. The van der Waals surface area contributed by atoms with E-state index in [0.717, 1.165) is 0 Å². The van der Waals surface area contributed by atoms with Gasteiger partial charge in [-0.15, -0.1) is 0 Å². The number of carbonyl (C=O) groups is 2. The molecule has 0 aliphatic rings. The number of esters is 1. The van der Waals surface area contributed by atoms with Gasteiger partial charge in [0, 0.05) is 18.7 Å². The molecule has 7 heteroatoms. The Morgan fingerprint density at radius 1 is 1.44 bits per heavy atom. The van der Waals surface area contributed by atoms with Gasteiger partial charge >= 0.3 is 12.1 Å². The Morgan fingerprint density at radius 3 is 2.28 bits per heavy atom. The van der Waals surface area contributed by atoms with E-state index in [4.69, 9.17) is 0 Å². The summed E-state index contributed by atoms with van der Waals surface area (Å²) in [7, 11) is 1.48. The fourth-order valence-corrected chi connectivity index (χ4v) is 0.651. The van der Waals surface area contributed by atoms with E-state index >= 15 is 0 Å². The van der Waals surface area contributed by atoms with Crippen molar-refractivity contribution in [2.75, 3.05) is 19.9 Å². The second-order valence-electron chi connectivity index (χ2n) is 3.60. The number of nitrogens with zero attached hydrogens (tertiary/aromatic N) is 1. The lowest BCUT2D eigenvalue weighted by molar-refractivity contribution is -0.140. The summed E-state index contributed by atoms with van der Waals surface area (Å²) < 4.78 is 4.30.